The second kappa shape index (κ2) is 7.88. The molecule has 0 atom stereocenters. The predicted octanol–water partition coefficient (Wildman–Crippen LogP) is 5.15. The van der Waals surface area contributed by atoms with Gasteiger partial charge in [-0.25, -0.2) is 4.98 Å². The van der Waals surface area contributed by atoms with Gasteiger partial charge in [0.2, 0.25) is 0 Å². The van der Waals surface area contributed by atoms with E-state index in [2.05, 4.69) is 16.0 Å². The van der Waals surface area contributed by atoms with Gasteiger partial charge < -0.3 is 0 Å². The number of allylic oxidation sites excluding steroid dienone is 1. The number of aromatic nitrogens is 3. The second-order valence-corrected chi connectivity index (χ2v) is 7.07. The fourth-order valence-corrected chi connectivity index (χ4v) is 3.55. The normalized spacial score (nSPS) is 11.4. The van der Waals surface area contributed by atoms with Crippen LogP contribution in [0.15, 0.2) is 71.9 Å². The Bertz CT molecular complexity index is 1330. The Kier molecular flexibility index (Phi) is 5.13. The predicted molar refractivity (Wildman–Crippen MR) is 115 cm³/mol. The first-order chi connectivity index (χ1) is 14.1. The van der Waals surface area contributed by atoms with E-state index in [1.165, 1.54) is 4.57 Å². The van der Waals surface area contributed by atoms with Crippen LogP contribution in [0.3, 0.4) is 0 Å². The van der Waals surface area contributed by atoms with Gasteiger partial charge in [-0.1, -0.05) is 29.3 Å². The molecule has 0 amide bonds. The molecule has 29 heavy (non-hydrogen) atoms. The zero-order valence-corrected chi connectivity index (χ0v) is 16.4. The number of pyridine rings is 3. The van der Waals surface area contributed by atoms with Crippen molar-refractivity contribution in [2.75, 3.05) is 0 Å². The molecule has 3 aromatic heterocycles. The summed E-state index contributed by atoms with van der Waals surface area (Å²) in [6.45, 7) is 0. The third kappa shape index (κ3) is 3.77. The Hall–Kier alpha value is -3.46. The van der Waals surface area contributed by atoms with Gasteiger partial charge in [-0.05, 0) is 48.5 Å². The van der Waals surface area contributed by atoms with Crippen LogP contribution in [0.5, 0.6) is 0 Å². The van der Waals surface area contributed by atoms with Crippen LogP contribution in [0.1, 0.15) is 11.1 Å². The summed E-state index contributed by atoms with van der Waals surface area (Å²) in [5, 5.41) is 11.1. The highest BCUT2D eigenvalue weighted by atomic mass is 35.5. The minimum absolute atomic E-state index is 0.328. The molecular formula is C22H12Cl2N4O. The van der Waals surface area contributed by atoms with Crippen molar-refractivity contribution in [3.05, 3.63) is 98.6 Å². The lowest BCUT2D eigenvalue weighted by Gasteiger charge is -2.12. The Balaban J connectivity index is 2.03. The molecule has 0 spiro atoms. The molecule has 4 aromatic rings. The van der Waals surface area contributed by atoms with Crippen LogP contribution in [0.4, 0.5) is 0 Å². The maximum absolute atomic E-state index is 13.4. The standard InChI is InChI=1S/C22H12Cl2N4O/c23-18-9-19(24)11-20(10-18)28-21-14(3-2-6-27-21)7-16(22(28)29)8-17(12-25)15-4-1-5-26-13-15/h1-11,13H/b17-8+. The first kappa shape index (κ1) is 18.9. The van der Waals surface area contributed by atoms with E-state index in [-0.39, 0.29) is 5.56 Å². The topological polar surface area (TPSA) is 71.6 Å². The number of hydrogen-bond donors (Lipinski definition) is 0. The van der Waals surface area contributed by atoms with Crippen molar-refractivity contribution in [3.63, 3.8) is 0 Å². The zero-order chi connectivity index (χ0) is 20.4. The van der Waals surface area contributed by atoms with Gasteiger partial charge in [0.05, 0.1) is 17.3 Å². The highest BCUT2D eigenvalue weighted by Crippen LogP contribution is 2.24. The molecule has 1 aromatic carbocycles. The van der Waals surface area contributed by atoms with Crippen molar-refractivity contribution in [1.82, 2.24) is 14.5 Å². The molecule has 0 radical (unpaired) electrons. The van der Waals surface area contributed by atoms with Gasteiger partial charge in [0.1, 0.15) is 5.65 Å². The molecule has 140 valence electrons. The minimum atomic E-state index is -0.342. The average Bonchev–Trinajstić information content (AvgIpc) is 2.72. The number of halogens is 2. The first-order valence-electron chi connectivity index (χ1n) is 8.56. The number of hydrogen-bond acceptors (Lipinski definition) is 4. The first-order valence-corrected chi connectivity index (χ1v) is 9.32. The van der Waals surface area contributed by atoms with E-state index in [0.717, 1.165) is 5.39 Å². The van der Waals surface area contributed by atoms with Gasteiger partial charge in [0.15, 0.2) is 0 Å². The summed E-state index contributed by atoms with van der Waals surface area (Å²) < 4.78 is 1.44. The van der Waals surface area contributed by atoms with E-state index in [4.69, 9.17) is 23.2 Å². The number of nitriles is 1. The van der Waals surface area contributed by atoms with E-state index in [1.807, 2.05) is 6.07 Å². The van der Waals surface area contributed by atoms with E-state index in [1.54, 1.807) is 67.1 Å². The van der Waals surface area contributed by atoms with Crippen molar-refractivity contribution in [1.29, 1.82) is 5.26 Å². The number of benzene rings is 1. The molecule has 0 saturated heterocycles. The van der Waals surface area contributed by atoms with Crippen LogP contribution in [-0.4, -0.2) is 14.5 Å². The molecule has 0 saturated carbocycles. The van der Waals surface area contributed by atoms with Crippen LogP contribution in [0.25, 0.3) is 28.4 Å². The van der Waals surface area contributed by atoms with E-state index in [9.17, 15) is 10.1 Å². The Morgan fingerprint density at radius 3 is 2.52 bits per heavy atom. The number of nitrogens with zero attached hydrogens (tertiary/aromatic N) is 4. The number of fused-ring (bicyclic) bond motifs is 1. The molecule has 0 fully saturated rings. The van der Waals surface area contributed by atoms with E-state index >= 15 is 0 Å². The molecule has 0 unspecified atom stereocenters. The molecule has 0 aliphatic carbocycles. The summed E-state index contributed by atoms with van der Waals surface area (Å²) in [5.74, 6) is 0. The van der Waals surface area contributed by atoms with E-state index < -0.39 is 0 Å². The van der Waals surface area contributed by atoms with Crippen LogP contribution in [0, 0.1) is 11.3 Å². The smallest absolute Gasteiger partial charge is 0.264 e. The largest absolute Gasteiger partial charge is 0.268 e. The maximum atomic E-state index is 13.4. The monoisotopic (exact) mass is 418 g/mol. The quantitative estimate of drug-likeness (QED) is 0.431. The molecule has 7 heteroatoms. The summed E-state index contributed by atoms with van der Waals surface area (Å²) in [4.78, 5) is 21.8. The lowest BCUT2D eigenvalue weighted by molar-refractivity contribution is 1.01. The fraction of sp³-hybridized carbons (Fsp3) is 0. The highest BCUT2D eigenvalue weighted by Gasteiger charge is 2.13. The molecule has 5 nitrogen and oxygen atoms in total. The minimum Gasteiger partial charge on any atom is -0.268 e. The molecule has 0 aliphatic heterocycles. The number of rotatable bonds is 3. The SMILES string of the molecule is N#C/C(=C\c1cc2cccnc2n(-c2cc(Cl)cc(Cl)c2)c1=O)c1cccnc1. The fourth-order valence-electron chi connectivity index (χ4n) is 3.03. The second-order valence-electron chi connectivity index (χ2n) is 6.20. The Labute approximate surface area is 176 Å². The van der Waals surface area contributed by atoms with Gasteiger partial charge in [0.25, 0.3) is 5.56 Å². The molecule has 0 N–H and O–H groups in total. The molecule has 0 aliphatic rings. The van der Waals surface area contributed by atoms with Crippen molar-refractivity contribution in [3.8, 4) is 11.8 Å². The van der Waals surface area contributed by atoms with Crippen LogP contribution >= 0.6 is 23.2 Å². The van der Waals surface area contributed by atoms with Gasteiger partial charge in [-0.15, -0.1) is 0 Å². The van der Waals surface area contributed by atoms with Crippen LogP contribution in [0.2, 0.25) is 10.0 Å². The summed E-state index contributed by atoms with van der Waals surface area (Å²) in [6.07, 6.45) is 6.35. The van der Waals surface area contributed by atoms with Crippen molar-refractivity contribution < 1.29 is 0 Å². The molecule has 4 rings (SSSR count). The molecule has 0 bridgehead atoms. The maximum Gasteiger partial charge on any atom is 0.264 e. The molecular weight excluding hydrogens is 407 g/mol. The van der Waals surface area contributed by atoms with Gasteiger partial charge >= 0.3 is 0 Å². The summed E-state index contributed by atoms with van der Waals surface area (Å²) in [6, 6.07) is 15.8. The summed E-state index contributed by atoms with van der Waals surface area (Å²) in [5.41, 5.74) is 1.90. The summed E-state index contributed by atoms with van der Waals surface area (Å²) in [7, 11) is 0. The van der Waals surface area contributed by atoms with Crippen molar-refractivity contribution in [2.24, 2.45) is 0 Å². The van der Waals surface area contributed by atoms with Crippen LogP contribution in [-0.2, 0) is 0 Å². The highest BCUT2D eigenvalue weighted by molar-refractivity contribution is 6.34. The van der Waals surface area contributed by atoms with Crippen LogP contribution < -0.4 is 5.56 Å². The lowest BCUT2D eigenvalue weighted by Crippen LogP contribution is -2.21. The van der Waals surface area contributed by atoms with Crippen molar-refractivity contribution in [2.45, 2.75) is 0 Å². The van der Waals surface area contributed by atoms with Gasteiger partial charge in [0, 0.05) is 45.1 Å². The Morgan fingerprint density at radius 2 is 1.83 bits per heavy atom. The van der Waals surface area contributed by atoms with E-state index in [0.29, 0.717) is 38.1 Å². The zero-order valence-electron chi connectivity index (χ0n) is 14.9. The molecule has 3 heterocycles. The third-order valence-electron chi connectivity index (χ3n) is 4.29. The average molecular weight is 419 g/mol. The third-order valence-corrected chi connectivity index (χ3v) is 4.72. The summed E-state index contributed by atoms with van der Waals surface area (Å²) >= 11 is 12.3. The van der Waals surface area contributed by atoms with Gasteiger partial charge in [-0.2, -0.15) is 5.26 Å². The van der Waals surface area contributed by atoms with Crippen molar-refractivity contribution >= 4 is 45.9 Å². The van der Waals surface area contributed by atoms with Gasteiger partial charge in [-0.3, -0.25) is 14.3 Å². The lowest BCUT2D eigenvalue weighted by atomic mass is 10.1. The Morgan fingerprint density at radius 1 is 1.07 bits per heavy atom.